The third kappa shape index (κ3) is 3.56. The molecule has 0 aromatic heterocycles. The minimum absolute atomic E-state index is 0.624. The average molecular weight is 206 g/mol. The molecule has 1 aromatic carbocycles. The van der Waals surface area contributed by atoms with Crippen LogP contribution < -0.4 is 10.6 Å². The molecule has 0 heterocycles. The summed E-state index contributed by atoms with van der Waals surface area (Å²) in [7, 11) is 0. The number of hydrogen-bond acceptors (Lipinski definition) is 2. The van der Waals surface area contributed by atoms with Gasteiger partial charge in [-0.25, -0.2) is 0 Å². The number of hydrogen-bond donors (Lipinski definition) is 1. The van der Waals surface area contributed by atoms with Crippen molar-refractivity contribution in [2.24, 2.45) is 5.73 Å². The molecule has 0 aliphatic heterocycles. The van der Waals surface area contributed by atoms with Crippen molar-refractivity contribution in [2.45, 2.75) is 33.2 Å². The van der Waals surface area contributed by atoms with Crippen LogP contribution in [0.25, 0.3) is 0 Å². The summed E-state index contributed by atoms with van der Waals surface area (Å²) in [5.74, 6) is 0. The number of nitrogens with zero attached hydrogens (tertiary/aromatic N) is 1. The SMILES string of the molecule is CCCCN(CC)c1cccc(CN)c1. The molecule has 0 bridgehead atoms. The number of benzene rings is 1. The van der Waals surface area contributed by atoms with E-state index in [0.29, 0.717) is 6.54 Å². The molecule has 0 unspecified atom stereocenters. The van der Waals surface area contributed by atoms with E-state index in [1.807, 2.05) is 0 Å². The van der Waals surface area contributed by atoms with Crippen LogP contribution in [0.4, 0.5) is 5.69 Å². The Morgan fingerprint density at radius 1 is 1.27 bits per heavy atom. The van der Waals surface area contributed by atoms with E-state index in [4.69, 9.17) is 5.73 Å². The molecule has 0 aliphatic rings. The van der Waals surface area contributed by atoms with Crippen LogP contribution in [0.15, 0.2) is 24.3 Å². The molecule has 0 atom stereocenters. The van der Waals surface area contributed by atoms with Gasteiger partial charge in [0.2, 0.25) is 0 Å². The van der Waals surface area contributed by atoms with Crippen LogP contribution in [0.1, 0.15) is 32.3 Å². The highest BCUT2D eigenvalue weighted by Gasteiger charge is 2.03. The summed E-state index contributed by atoms with van der Waals surface area (Å²) >= 11 is 0. The van der Waals surface area contributed by atoms with Gasteiger partial charge in [-0.15, -0.1) is 0 Å². The topological polar surface area (TPSA) is 29.3 Å². The van der Waals surface area contributed by atoms with Gasteiger partial charge in [0.05, 0.1) is 0 Å². The normalized spacial score (nSPS) is 10.3. The predicted molar refractivity (Wildman–Crippen MR) is 67.1 cm³/mol. The maximum absolute atomic E-state index is 5.64. The molecule has 15 heavy (non-hydrogen) atoms. The van der Waals surface area contributed by atoms with Crippen LogP contribution in [0, 0.1) is 0 Å². The van der Waals surface area contributed by atoms with Crippen molar-refractivity contribution in [1.82, 2.24) is 0 Å². The third-order valence-electron chi connectivity index (χ3n) is 2.67. The van der Waals surface area contributed by atoms with Crippen molar-refractivity contribution in [3.8, 4) is 0 Å². The summed E-state index contributed by atoms with van der Waals surface area (Å²) in [5, 5.41) is 0. The Bertz CT molecular complexity index is 284. The van der Waals surface area contributed by atoms with E-state index in [1.165, 1.54) is 24.1 Å². The van der Waals surface area contributed by atoms with Crippen LogP contribution >= 0.6 is 0 Å². The summed E-state index contributed by atoms with van der Waals surface area (Å²) in [6.07, 6.45) is 2.49. The molecule has 84 valence electrons. The molecule has 0 saturated heterocycles. The Hall–Kier alpha value is -1.02. The number of unbranched alkanes of at least 4 members (excludes halogenated alkanes) is 1. The summed E-state index contributed by atoms with van der Waals surface area (Å²) in [6, 6.07) is 8.53. The van der Waals surface area contributed by atoms with E-state index >= 15 is 0 Å². The van der Waals surface area contributed by atoms with Crippen molar-refractivity contribution in [3.05, 3.63) is 29.8 Å². The van der Waals surface area contributed by atoms with Gasteiger partial charge in [0, 0.05) is 25.3 Å². The second kappa shape index (κ2) is 6.46. The lowest BCUT2D eigenvalue weighted by atomic mass is 10.2. The fourth-order valence-corrected chi connectivity index (χ4v) is 1.70. The van der Waals surface area contributed by atoms with E-state index in [2.05, 4.69) is 43.0 Å². The van der Waals surface area contributed by atoms with Crippen molar-refractivity contribution in [1.29, 1.82) is 0 Å². The summed E-state index contributed by atoms with van der Waals surface area (Å²) in [4.78, 5) is 2.41. The molecule has 0 spiro atoms. The first-order chi connectivity index (χ1) is 7.31. The van der Waals surface area contributed by atoms with Gasteiger partial charge >= 0.3 is 0 Å². The minimum Gasteiger partial charge on any atom is -0.372 e. The highest BCUT2D eigenvalue weighted by molar-refractivity contribution is 5.48. The molecule has 0 aliphatic carbocycles. The molecule has 1 aromatic rings. The first-order valence-electron chi connectivity index (χ1n) is 5.85. The molecule has 0 amide bonds. The molecule has 2 nitrogen and oxygen atoms in total. The van der Waals surface area contributed by atoms with Gasteiger partial charge in [0.25, 0.3) is 0 Å². The zero-order valence-electron chi connectivity index (χ0n) is 9.87. The van der Waals surface area contributed by atoms with Gasteiger partial charge in [-0.1, -0.05) is 25.5 Å². The number of nitrogens with two attached hydrogens (primary N) is 1. The molecular formula is C13H22N2. The monoisotopic (exact) mass is 206 g/mol. The van der Waals surface area contributed by atoms with Gasteiger partial charge in [-0.05, 0) is 31.0 Å². The summed E-state index contributed by atoms with van der Waals surface area (Å²) < 4.78 is 0. The van der Waals surface area contributed by atoms with Gasteiger partial charge in [0.1, 0.15) is 0 Å². The zero-order chi connectivity index (χ0) is 11.1. The van der Waals surface area contributed by atoms with Gasteiger partial charge < -0.3 is 10.6 Å². The highest BCUT2D eigenvalue weighted by atomic mass is 15.1. The zero-order valence-corrected chi connectivity index (χ0v) is 9.87. The largest absolute Gasteiger partial charge is 0.372 e. The Morgan fingerprint density at radius 3 is 2.67 bits per heavy atom. The maximum Gasteiger partial charge on any atom is 0.0369 e. The molecule has 0 fully saturated rings. The van der Waals surface area contributed by atoms with Gasteiger partial charge in [0.15, 0.2) is 0 Å². The van der Waals surface area contributed by atoms with E-state index < -0.39 is 0 Å². The Kier molecular flexibility index (Phi) is 5.19. The van der Waals surface area contributed by atoms with Gasteiger partial charge in [-0.3, -0.25) is 0 Å². The molecule has 2 N–H and O–H groups in total. The summed E-state index contributed by atoms with van der Waals surface area (Å²) in [6.45, 7) is 7.25. The van der Waals surface area contributed by atoms with Crippen LogP contribution in [-0.4, -0.2) is 13.1 Å². The van der Waals surface area contributed by atoms with E-state index in [0.717, 1.165) is 13.1 Å². The van der Waals surface area contributed by atoms with Crippen molar-refractivity contribution in [3.63, 3.8) is 0 Å². The minimum atomic E-state index is 0.624. The lowest BCUT2D eigenvalue weighted by Crippen LogP contribution is -2.23. The second-order valence-corrected chi connectivity index (χ2v) is 3.81. The van der Waals surface area contributed by atoms with Crippen LogP contribution in [0.5, 0.6) is 0 Å². The van der Waals surface area contributed by atoms with Crippen molar-refractivity contribution < 1.29 is 0 Å². The molecule has 0 saturated carbocycles. The van der Waals surface area contributed by atoms with Crippen LogP contribution in [-0.2, 0) is 6.54 Å². The first-order valence-corrected chi connectivity index (χ1v) is 5.85. The van der Waals surface area contributed by atoms with Gasteiger partial charge in [-0.2, -0.15) is 0 Å². The number of rotatable bonds is 6. The van der Waals surface area contributed by atoms with Crippen molar-refractivity contribution in [2.75, 3.05) is 18.0 Å². The van der Waals surface area contributed by atoms with Crippen molar-refractivity contribution >= 4 is 5.69 Å². The Morgan fingerprint density at radius 2 is 2.07 bits per heavy atom. The average Bonchev–Trinajstić information content (AvgIpc) is 2.30. The standard InChI is InChI=1S/C13H22N2/c1-3-5-9-15(4-2)13-8-6-7-12(10-13)11-14/h6-8,10H,3-5,9,11,14H2,1-2H3. The van der Waals surface area contributed by atoms with Crippen LogP contribution in [0.3, 0.4) is 0 Å². The predicted octanol–water partition coefficient (Wildman–Crippen LogP) is 2.77. The quantitative estimate of drug-likeness (QED) is 0.775. The highest BCUT2D eigenvalue weighted by Crippen LogP contribution is 2.16. The van der Waals surface area contributed by atoms with E-state index in [9.17, 15) is 0 Å². The lowest BCUT2D eigenvalue weighted by Gasteiger charge is -2.23. The number of anilines is 1. The van der Waals surface area contributed by atoms with Crippen LogP contribution in [0.2, 0.25) is 0 Å². The first kappa shape index (κ1) is 12.1. The molecule has 2 heteroatoms. The van der Waals surface area contributed by atoms with E-state index in [1.54, 1.807) is 0 Å². The fraction of sp³-hybridized carbons (Fsp3) is 0.538. The smallest absolute Gasteiger partial charge is 0.0369 e. The molecular weight excluding hydrogens is 184 g/mol. The Labute approximate surface area is 93.1 Å². The maximum atomic E-state index is 5.64. The Balaban J connectivity index is 2.72. The summed E-state index contributed by atoms with van der Waals surface area (Å²) in [5.41, 5.74) is 8.15. The third-order valence-corrected chi connectivity index (χ3v) is 2.67. The second-order valence-electron chi connectivity index (χ2n) is 3.81. The fourth-order valence-electron chi connectivity index (χ4n) is 1.70. The molecule has 0 radical (unpaired) electrons. The molecule has 1 rings (SSSR count). The lowest BCUT2D eigenvalue weighted by molar-refractivity contribution is 0.731. The van der Waals surface area contributed by atoms with E-state index in [-0.39, 0.29) is 0 Å².